The first kappa shape index (κ1) is 20.8. The van der Waals surface area contributed by atoms with Crippen LogP contribution in [0.2, 0.25) is 0 Å². The summed E-state index contributed by atoms with van der Waals surface area (Å²) < 4.78 is 6.71. The van der Waals surface area contributed by atoms with Crippen molar-refractivity contribution in [1.29, 1.82) is 0 Å². The van der Waals surface area contributed by atoms with Crippen LogP contribution in [0, 0.1) is 0 Å². The fraction of sp³-hybridized carbons (Fsp3) is 0.111. The van der Waals surface area contributed by atoms with E-state index in [4.69, 9.17) is 4.74 Å². The fourth-order valence-corrected chi connectivity index (χ4v) is 6.49. The van der Waals surface area contributed by atoms with Crippen LogP contribution in [0.1, 0.15) is 19.8 Å². The summed E-state index contributed by atoms with van der Waals surface area (Å²) in [5, 5.41) is 12.9. The van der Waals surface area contributed by atoms with Gasteiger partial charge in [0.25, 0.3) is 0 Å². The molecule has 0 heterocycles. The molecule has 0 unspecified atom stereocenters. The van der Waals surface area contributed by atoms with E-state index < -0.39 is 0 Å². The molecule has 0 bridgehead atoms. The Kier molecular flexibility index (Phi) is 4.39. The van der Waals surface area contributed by atoms with E-state index in [1.54, 1.807) is 0 Å². The molecule has 1 aliphatic carbocycles. The molecule has 0 spiro atoms. The largest absolute Gasteiger partial charge is 0.492 e. The summed E-state index contributed by atoms with van der Waals surface area (Å²) in [6, 6.07) is 38.1. The lowest BCUT2D eigenvalue weighted by atomic mass is 9.90. The van der Waals surface area contributed by atoms with Gasteiger partial charge in [-0.1, -0.05) is 98.3 Å². The second-order valence-electron chi connectivity index (χ2n) is 10.2. The minimum atomic E-state index is 0.727. The summed E-state index contributed by atoms with van der Waals surface area (Å²) in [4.78, 5) is 0. The summed E-state index contributed by atoms with van der Waals surface area (Å²) in [7, 11) is 0. The third-order valence-corrected chi connectivity index (χ3v) is 8.16. The van der Waals surface area contributed by atoms with Crippen LogP contribution < -0.4 is 4.74 Å². The Hall–Kier alpha value is -4.36. The molecule has 0 amide bonds. The Labute approximate surface area is 215 Å². The molecule has 0 atom stereocenters. The van der Waals surface area contributed by atoms with Crippen molar-refractivity contribution in [2.75, 3.05) is 6.61 Å². The lowest BCUT2D eigenvalue weighted by Crippen LogP contribution is -1.99. The zero-order valence-electron chi connectivity index (χ0n) is 20.8. The highest BCUT2D eigenvalue weighted by molar-refractivity contribution is 6.28. The predicted molar refractivity (Wildman–Crippen MR) is 159 cm³/mol. The van der Waals surface area contributed by atoms with Gasteiger partial charge >= 0.3 is 0 Å². The van der Waals surface area contributed by atoms with E-state index in [1.807, 2.05) is 0 Å². The van der Waals surface area contributed by atoms with Gasteiger partial charge in [0.05, 0.1) is 6.61 Å². The van der Waals surface area contributed by atoms with Gasteiger partial charge in [-0.15, -0.1) is 0 Å². The van der Waals surface area contributed by atoms with E-state index in [0.717, 1.165) is 25.2 Å². The van der Waals surface area contributed by atoms with Gasteiger partial charge in [-0.05, 0) is 89.8 Å². The highest BCUT2D eigenvalue weighted by Gasteiger charge is 2.27. The van der Waals surface area contributed by atoms with Crippen molar-refractivity contribution in [3.63, 3.8) is 0 Å². The number of hydrogen-bond acceptors (Lipinski definition) is 1. The first-order valence-corrected chi connectivity index (χ1v) is 13.3. The standard InChI is InChI=1S/C36H26O/c1-2-3-18-37-36-30-21-32-27-15-7-5-13-25(27)24-12-4-6-14-26(24)31(32)19-23(30)20-33-28-16-8-10-22-11-9-17-29(34(22)28)35(33)36/h4-17,19-21H,2-3,18H2,1H3. The Morgan fingerprint density at radius 1 is 0.514 bits per heavy atom. The third-order valence-electron chi connectivity index (χ3n) is 8.16. The Morgan fingerprint density at radius 3 is 1.81 bits per heavy atom. The molecule has 7 aromatic rings. The number of benzene rings is 7. The summed E-state index contributed by atoms with van der Waals surface area (Å²) in [6.45, 7) is 2.95. The van der Waals surface area contributed by atoms with E-state index in [0.29, 0.717) is 0 Å². The smallest absolute Gasteiger partial charge is 0.135 e. The average molecular weight is 475 g/mol. The van der Waals surface area contributed by atoms with Crippen LogP contribution in [0.3, 0.4) is 0 Å². The van der Waals surface area contributed by atoms with E-state index in [2.05, 4.69) is 110 Å². The topological polar surface area (TPSA) is 9.23 Å². The second kappa shape index (κ2) is 7.82. The van der Waals surface area contributed by atoms with Crippen LogP contribution in [-0.4, -0.2) is 6.61 Å². The maximum atomic E-state index is 6.71. The van der Waals surface area contributed by atoms with Gasteiger partial charge in [0.15, 0.2) is 0 Å². The van der Waals surface area contributed by atoms with Gasteiger partial charge in [-0.25, -0.2) is 0 Å². The molecule has 0 aliphatic heterocycles. The summed E-state index contributed by atoms with van der Waals surface area (Å²) in [5.41, 5.74) is 5.14. The van der Waals surface area contributed by atoms with Crippen molar-refractivity contribution in [3.8, 4) is 28.0 Å². The van der Waals surface area contributed by atoms with Crippen molar-refractivity contribution in [1.82, 2.24) is 0 Å². The minimum Gasteiger partial charge on any atom is -0.492 e. The van der Waals surface area contributed by atoms with Crippen molar-refractivity contribution in [2.45, 2.75) is 19.8 Å². The van der Waals surface area contributed by atoms with Crippen LogP contribution in [0.15, 0.2) is 103 Å². The average Bonchev–Trinajstić information content (AvgIpc) is 3.27. The Balaban J connectivity index is 1.55. The van der Waals surface area contributed by atoms with Gasteiger partial charge in [0.2, 0.25) is 0 Å². The van der Waals surface area contributed by atoms with Crippen LogP contribution in [0.25, 0.3) is 76.1 Å². The molecule has 0 saturated heterocycles. The lowest BCUT2D eigenvalue weighted by molar-refractivity contribution is 0.314. The van der Waals surface area contributed by atoms with Crippen LogP contribution in [-0.2, 0) is 0 Å². The highest BCUT2D eigenvalue weighted by Crippen LogP contribution is 2.54. The van der Waals surface area contributed by atoms with Crippen molar-refractivity contribution < 1.29 is 4.74 Å². The number of fused-ring (bicyclic) bond motifs is 10. The van der Waals surface area contributed by atoms with Crippen molar-refractivity contribution in [2.24, 2.45) is 0 Å². The van der Waals surface area contributed by atoms with Crippen molar-refractivity contribution in [3.05, 3.63) is 103 Å². The van der Waals surface area contributed by atoms with Gasteiger partial charge < -0.3 is 4.74 Å². The molecule has 0 fully saturated rings. The molecule has 1 aliphatic rings. The molecule has 7 aromatic carbocycles. The first-order valence-electron chi connectivity index (χ1n) is 13.3. The molecule has 0 N–H and O–H groups in total. The number of rotatable bonds is 4. The number of unbranched alkanes of at least 4 members (excludes halogenated alkanes) is 1. The van der Waals surface area contributed by atoms with E-state index in [9.17, 15) is 0 Å². The molecule has 1 heteroatoms. The summed E-state index contributed by atoms with van der Waals surface area (Å²) >= 11 is 0. The van der Waals surface area contributed by atoms with Crippen molar-refractivity contribution >= 4 is 53.9 Å². The van der Waals surface area contributed by atoms with Crippen LogP contribution in [0.4, 0.5) is 0 Å². The zero-order chi connectivity index (χ0) is 24.5. The third kappa shape index (κ3) is 2.86. The summed E-state index contributed by atoms with van der Waals surface area (Å²) in [5.74, 6) is 1.03. The Bertz CT molecular complexity index is 2040. The SMILES string of the molecule is CCCCOc1c2c(cc3cc4c5ccccc5c5ccccc5c4cc13)-c1cccc3cccc-2c13. The molecule has 176 valence electrons. The summed E-state index contributed by atoms with van der Waals surface area (Å²) in [6.07, 6.45) is 2.16. The normalized spacial score (nSPS) is 12.2. The van der Waals surface area contributed by atoms with Gasteiger partial charge in [-0.2, -0.15) is 0 Å². The lowest BCUT2D eigenvalue weighted by Gasteiger charge is -2.18. The van der Waals surface area contributed by atoms with Gasteiger partial charge in [0, 0.05) is 10.9 Å². The monoisotopic (exact) mass is 474 g/mol. The number of hydrogen-bond donors (Lipinski definition) is 0. The Morgan fingerprint density at radius 2 is 1.14 bits per heavy atom. The molecule has 8 rings (SSSR count). The van der Waals surface area contributed by atoms with Crippen LogP contribution >= 0.6 is 0 Å². The molecule has 0 aromatic heterocycles. The fourth-order valence-electron chi connectivity index (χ4n) is 6.49. The second-order valence-corrected chi connectivity index (χ2v) is 10.2. The molecular formula is C36H26O. The van der Waals surface area contributed by atoms with Crippen LogP contribution in [0.5, 0.6) is 5.75 Å². The molecule has 1 nitrogen and oxygen atoms in total. The van der Waals surface area contributed by atoms with Gasteiger partial charge in [-0.3, -0.25) is 0 Å². The number of ether oxygens (including phenoxy) is 1. The van der Waals surface area contributed by atoms with E-state index in [1.165, 1.54) is 76.1 Å². The molecule has 0 radical (unpaired) electrons. The first-order chi connectivity index (χ1) is 18.3. The minimum absolute atomic E-state index is 0.727. The maximum absolute atomic E-state index is 6.71. The zero-order valence-corrected chi connectivity index (χ0v) is 20.8. The molecule has 37 heavy (non-hydrogen) atoms. The maximum Gasteiger partial charge on any atom is 0.135 e. The van der Waals surface area contributed by atoms with Gasteiger partial charge in [0.1, 0.15) is 5.75 Å². The predicted octanol–water partition coefficient (Wildman–Crippen LogP) is 10.3. The molecular weight excluding hydrogens is 448 g/mol. The molecule has 0 saturated carbocycles. The van der Waals surface area contributed by atoms with E-state index in [-0.39, 0.29) is 0 Å². The quantitative estimate of drug-likeness (QED) is 0.140. The highest BCUT2D eigenvalue weighted by atomic mass is 16.5. The van der Waals surface area contributed by atoms with E-state index >= 15 is 0 Å².